The average Bonchev–Trinajstić information content (AvgIpc) is 2.85. The molecule has 1 atom stereocenters. The number of likely N-dealkylation sites (N-methyl/N-ethyl adjacent to an activating group) is 1. The quantitative estimate of drug-likeness (QED) is 0.938. The van der Waals surface area contributed by atoms with Crippen molar-refractivity contribution < 1.29 is 4.39 Å². The van der Waals surface area contributed by atoms with Crippen molar-refractivity contribution in [1.29, 1.82) is 0 Å². The Balaban J connectivity index is 2.19. The van der Waals surface area contributed by atoms with Crippen LogP contribution >= 0.6 is 11.3 Å². The van der Waals surface area contributed by atoms with Gasteiger partial charge in [-0.2, -0.15) is 0 Å². The Hall–Kier alpha value is -1.33. The van der Waals surface area contributed by atoms with Gasteiger partial charge in [-0.3, -0.25) is 4.98 Å². The van der Waals surface area contributed by atoms with E-state index in [0.717, 1.165) is 10.7 Å². The van der Waals surface area contributed by atoms with Crippen LogP contribution in [0.4, 0.5) is 4.39 Å². The van der Waals surface area contributed by atoms with Gasteiger partial charge in [0.15, 0.2) is 0 Å². The van der Waals surface area contributed by atoms with Crippen LogP contribution in [0.5, 0.6) is 0 Å². The summed E-state index contributed by atoms with van der Waals surface area (Å²) in [6.45, 7) is 6.42. The van der Waals surface area contributed by atoms with Crippen LogP contribution in [0, 0.1) is 5.82 Å². The van der Waals surface area contributed by atoms with Crippen LogP contribution in [0.1, 0.15) is 43.2 Å². The fourth-order valence-electron chi connectivity index (χ4n) is 1.91. The molecule has 0 radical (unpaired) electrons. The first-order valence-electron chi connectivity index (χ1n) is 6.64. The molecular weight excluding hydrogens is 273 g/mol. The minimum absolute atomic E-state index is 0.0418. The highest BCUT2D eigenvalue weighted by Gasteiger charge is 2.21. The lowest BCUT2D eigenvalue weighted by Gasteiger charge is -2.16. The highest BCUT2D eigenvalue weighted by Crippen LogP contribution is 2.26. The smallest absolute Gasteiger partial charge is 0.146 e. The number of pyridine rings is 1. The van der Waals surface area contributed by atoms with E-state index >= 15 is 0 Å². The fourth-order valence-corrected chi connectivity index (χ4v) is 2.98. The van der Waals surface area contributed by atoms with E-state index in [0.29, 0.717) is 12.1 Å². The van der Waals surface area contributed by atoms with Crippen LogP contribution in [-0.2, 0) is 11.8 Å². The maximum absolute atomic E-state index is 13.8. The average molecular weight is 293 g/mol. The van der Waals surface area contributed by atoms with Crippen LogP contribution in [0.15, 0.2) is 23.7 Å². The summed E-state index contributed by atoms with van der Waals surface area (Å²) in [6.07, 6.45) is 2.26. The zero-order chi connectivity index (χ0) is 14.8. The van der Waals surface area contributed by atoms with Gasteiger partial charge in [0.25, 0.3) is 0 Å². The second-order valence-electron chi connectivity index (χ2n) is 5.79. The van der Waals surface area contributed by atoms with E-state index in [1.165, 1.54) is 6.07 Å². The first-order chi connectivity index (χ1) is 9.41. The maximum atomic E-state index is 13.8. The van der Waals surface area contributed by atoms with E-state index in [9.17, 15) is 4.39 Å². The summed E-state index contributed by atoms with van der Waals surface area (Å²) in [7, 11) is 1.82. The summed E-state index contributed by atoms with van der Waals surface area (Å²) in [5.74, 6) is -0.278. The molecule has 1 unspecified atom stereocenters. The Morgan fingerprint density at radius 1 is 1.40 bits per heavy atom. The van der Waals surface area contributed by atoms with Gasteiger partial charge in [-0.1, -0.05) is 20.8 Å². The number of nitrogens with zero attached hydrogens (tertiary/aromatic N) is 2. The largest absolute Gasteiger partial charge is 0.311 e. The van der Waals surface area contributed by atoms with Crippen LogP contribution < -0.4 is 5.32 Å². The molecule has 2 aromatic rings. The van der Waals surface area contributed by atoms with E-state index in [1.807, 2.05) is 7.05 Å². The minimum Gasteiger partial charge on any atom is -0.311 e. The molecular formula is C15H20FN3S. The SMILES string of the molecule is CNC(Cc1nc(C(C)(C)C)cs1)c1ncccc1F. The van der Waals surface area contributed by atoms with Crippen molar-refractivity contribution in [2.45, 2.75) is 38.6 Å². The Morgan fingerprint density at radius 3 is 2.70 bits per heavy atom. The van der Waals surface area contributed by atoms with Gasteiger partial charge < -0.3 is 5.32 Å². The molecule has 0 amide bonds. The van der Waals surface area contributed by atoms with Crippen LogP contribution in [0.25, 0.3) is 0 Å². The van der Waals surface area contributed by atoms with Crippen molar-refractivity contribution in [3.05, 3.63) is 45.9 Å². The summed E-state index contributed by atoms with van der Waals surface area (Å²) < 4.78 is 13.8. The number of aromatic nitrogens is 2. The maximum Gasteiger partial charge on any atom is 0.146 e. The molecule has 3 nitrogen and oxygen atoms in total. The van der Waals surface area contributed by atoms with Crippen LogP contribution in [0.3, 0.4) is 0 Å². The Labute approximate surface area is 123 Å². The topological polar surface area (TPSA) is 37.8 Å². The number of halogens is 1. The molecule has 0 saturated carbocycles. The zero-order valence-corrected chi connectivity index (χ0v) is 13.1. The summed E-state index contributed by atoms with van der Waals surface area (Å²) in [4.78, 5) is 8.79. The van der Waals surface area contributed by atoms with Crippen LogP contribution in [0.2, 0.25) is 0 Å². The van der Waals surface area contributed by atoms with E-state index in [-0.39, 0.29) is 17.3 Å². The number of nitrogens with one attached hydrogen (secondary N) is 1. The monoisotopic (exact) mass is 293 g/mol. The number of hydrogen-bond acceptors (Lipinski definition) is 4. The molecule has 1 N–H and O–H groups in total. The van der Waals surface area contributed by atoms with Gasteiger partial charge in [0, 0.05) is 23.4 Å². The third-order valence-electron chi connectivity index (χ3n) is 3.16. The summed E-state index contributed by atoms with van der Waals surface area (Å²) >= 11 is 1.62. The molecule has 0 bridgehead atoms. The predicted molar refractivity (Wildman–Crippen MR) is 80.5 cm³/mol. The highest BCUT2D eigenvalue weighted by atomic mass is 32.1. The number of hydrogen-bond donors (Lipinski definition) is 1. The lowest BCUT2D eigenvalue weighted by Crippen LogP contribution is -2.21. The molecule has 0 fully saturated rings. The molecule has 2 rings (SSSR count). The van der Waals surface area contributed by atoms with E-state index in [2.05, 4.69) is 41.4 Å². The van der Waals surface area contributed by atoms with Crippen LogP contribution in [-0.4, -0.2) is 17.0 Å². The van der Waals surface area contributed by atoms with Gasteiger partial charge in [0.05, 0.1) is 22.4 Å². The Kier molecular flexibility index (Phi) is 4.50. The minimum atomic E-state index is -0.278. The summed E-state index contributed by atoms with van der Waals surface area (Å²) in [5, 5.41) is 6.20. The van der Waals surface area contributed by atoms with Crippen molar-refractivity contribution >= 4 is 11.3 Å². The van der Waals surface area contributed by atoms with E-state index < -0.39 is 0 Å². The van der Waals surface area contributed by atoms with E-state index in [4.69, 9.17) is 0 Å². The van der Waals surface area contributed by atoms with Crippen molar-refractivity contribution in [1.82, 2.24) is 15.3 Å². The molecule has 2 aromatic heterocycles. The van der Waals surface area contributed by atoms with E-state index in [1.54, 1.807) is 23.6 Å². The van der Waals surface area contributed by atoms with Gasteiger partial charge in [-0.25, -0.2) is 9.37 Å². The molecule has 2 heterocycles. The highest BCUT2D eigenvalue weighted by molar-refractivity contribution is 7.09. The van der Waals surface area contributed by atoms with Gasteiger partial charge in [0.2, 0.25) is 0 Å². The molecule has 108 valence electrons. The Bertz CT molecular complexity index is 574. The molecule has 20 heavy (non-hydrogen) atoms. The first kappa shape index (κ1) is 15.1. The first-order valence-corrected chi connectivity index (χ1v) is 7.52. The molecule has 0 aliphatic heterocycles. The number of thiazole rings is 1. The van der Waals surface area contributed by atoms with Gasteiger partial charge in [-0.15, -0.1) is 11.3 Å². The summed E-state index contributed by atoms with van der Waals surface area (Å²) in [6, 6.07) is 2.89. The molecule has 0 saturated heterocycles. The second-order valence-corrected chi connectivity index (χ2v) is 6.73. The Morgan fingerprint density at radius 2 is 2.15 bits per heavy atom. The molecule has 0 aliphatic rings. The lowest BCUT2D eigenvalue weighted by atomic mass is 9.93. The van der Waals surface area contributed by atoms with Gasteiger partial charge in [-0.05, 0) is 19.2 Å². The summed E-state index contributed by atoms with van der Waals surface area (Å²) in [5.41, 5.74) is 1.57. The number of rotatable bonds is 4. The predicted octanol–water partition coefficient (Wildman–Crippen LogP) is 3.48. The van der Waals surface area contributed by atoms with Gasteiger partial charge in [0.1, 0.15) is 5.82 Å². The second kappa shape index (κ2) is 5.97. The van der Waals surface area contributed by atoms with Crippen molar-refractivity contribution in [2.24, 2.45) is 0 Å². The standard InChI is InChI=1S/C15H20FN3S/c1-15(2,3)12-9-20-13(19-12)8-11(17-4)14-10(16)6-5-7-18-14/h5-7,9,11,17H,8H2,1-4H3. The van der Waals surface area contributed by atoms with Crippen molar-refractivity contribution in [2.75, 3.05) is 7.05 Å². The molecule has 0 aromatic carbocycles. The fraction of sp³-hybridized carbons (Fsp3) is 0.467. The van der Waals surface area contributed by atoms with Gasteiger partial charge >= 0.3 is 0 Å². The third-order valence-corrected chi connectivity index (χ3v) is 4.04. The van der Waals surface area contributed by atoms with Crippen molar-refractivity contribution in [3.63, 3.8) is 0 Å². The molecule has 0 spiro atoms. The lowest BCUT2D eigenvalue weighted by molar-refractivity contribution is 0.513. The normalized spacial score (nSPS) is 13.4. The molecule has 5 heteroatoms. The zero-order valence-electron chi connectivity index (χ0n) is 12.3. The van der Waals surface area contributed by atoms with Crippen molar-refractivity contribution in [3.8, 4) is 0 Å². The third kappa shape index (κ3) is 3.41. The molecule has 0 aliphatic carbocycles.